The van der Waals surface area contributed by atoms with E-state index in [1.807, 2.05) is 13.1 Å². The van der Waals surface area contributed by atoms with Crippen molar-refractivity contribution in [2.75, 3.05) is 18.0 Å². The van der Waals surface area contributed by atoms with Gasteiger partial charge in [-0.15, -0.1) is 0 Å². The zero-order valence-electron chi connectivity index (χ0n) is 15.2. The second-order valence-electron chi connectivity index (χ2n) is 7.68. The number of imidazole rings is 1. The van der Waals surface area contributed by atoms with Gasteiger partial charge in [-0.05, 0) is 45.4 Å². The molecule has 0 spiro atoms. The molecule has 0 atom stereocenters. The van der Waals surface area contributed by atoms with Gasteiger partial charge in [0.2, 0.25) is 0 Å². The van der Waals surface area contributed by atoms with Gasteiger partial charge in [-0.3, -0.25) is 0 Å². The van der Waals surface area contributed by atoms with E-state index in [9.17, 15) is 0 Å². The molecule has 3 heterocycles. The van der Waals surface area contributed by atoms with Gasteiger partial charge in [-0.2, -0.15) is 0 Å². The molecule has 6 heteroatoms. The van der Waals surface area contributed by atoms with E-state index in [1.54, 1.807) is 0 Å². The highest BCUT2D eigenvalue weighted by atomic mass is 15.2. The molecule has 0 unspecified atom stereocenters. The van der Waals surface area contributed by atoms with E-state index in [4.69, 9.17) is 10.7 Å². The standard InChI is InChI=1S/C19H28N6/c1-13-22-18(16-9-17(20)10-16)11-19(23-13)24-6-3-15(4-7-24)12-25-8-5-21-14(25)2/h5,8,11,15-17H,3-4,6-7,9-10,12,20H2,1-2H3. The average Bonchev–Trinajstić information content (AvgIpc) is 2.97. The van der Waals surface area contributed by atoms with Gasteiger partial charge in [-0.25, -0.2) is 15.0 Å². The summed E-state index contributed by atoms with van der Waals surface area (Å²) in [5.41, 5.74) is 7.13. The number of piperidine rings is 1. The molecule has 1 saturated heterocycles. The second-order valence-corrected chi connectivity index (χ2v) is 7.68. The molecule has 0 bridgehead atoms. The van der Waals surface area contributed by atoms with Crippen LogP contribution in [0.5, 0.6) is 0 Å². The van der Waals surface area contributed by atoms with Crippen LogP contribution in [0.4, 0.5) is 5.82 Å². The van der Waals surface area contributed by atoms with Crippen molar-refractivity contribution in [1.29, 1.82) is 0 Å². The van der Waals surface area contributed by atoms with E-state index in [-0.39, 0.29) is 0 Å². The Labute approximate surface area is 149 Å². The molecule has 2 aliphatic rings. The second kappa shape index (κ2) is 6.75. The van der Waals surface area contributed by atoms with Gasteiger partial charge in [0.1, 0.15) is 17.5 Å². The van der Waals surface area contributed by atoms with E-state index < -0.39 is 0 Å². The van der Waals surface area contributed by atoms with Crippen molar-refractivity contribution in [2.45, 2.75) is 58.0 Å². The van der Waals surface area contributed by atoms with Gasteiger partial charge in [0.15, 0.2) is 0 Å². The van der Waals surface area contributed by atoms with Crippen LogP contribution in [0, 0.1) is 19.8 Å². The summed E-state index contributed by atoms with van der Waals surface area (Å²) in [7, 11) is 0. The Hall–Kier alpha value is -1.95. The maximum Gasteiger partial charge on any atom is 0.132 e. The van der Waals surface area contributed by atoms with Crippen LogP contribution >= 0.6 is 0 Å². The van der Waals surface area contributed by atoms with Crippen LogP contribution in [0.15, 0.2) is 18.5 Å². The van der Waals surface area contributed by atoms with Gasteiger partial charge in [-0.1, -0.05) is 0 Å². The van der Waals surface area contributed by atoms with E-state index in [0.29, 0.717) is 12.0 Å². The van der Waals surface area contributed by atoms with E-state index in [0.717, 1.165) is 55.9 Å². The zero-order valence-corrected chi connectivity index (χ0v) is 15.2. The van der Waals surface area contributed by atoms with Crippen LogP contribution in [0.1, 0.15) is 48.9 Å². The first kappa shape index (κ1) is 16.5. The molecule has 2 N–H and O–H groups in total. The van der Waals surface area contributed by atoms with Crippen molar-refractivity contribution < 1.29 is 0 Å². The van der Waals surface area contributed by atoms with Crippen LogP contribution in [0.2, 0.25) is 0 Å². The molecular weight excluding hydrogens is 312 g/mol. The number of anilines is 1. The highest BCUT2D eigenvalue weighted by Crippen LogP contribution is 2.36. The van der Waals surface area contributed by atoms with E-state index in [1.165, 1.54) is 18.5 Å². The van der Waals surface area contributed by atoms with Crippen molar-refractivity contribution in [2.24, 2.45) is 11.7 Å². The molecule has 2 aromatic rings. The Morgan fingerprint density at radius 2 is 1.92 bits per heavy atom. The molecule has 2 fully saturated rings. The quantitative estimate of drug-likeness (QED) is 0.925. The number of hydrogen-bond acceptors (Lipinski definition) is 5. The predicted octanol–water partition coefficient (Wildman–Crippen LogP) is 2.41. The summed E-state index contributed by atoms with van der Waals surface area (Å²) < 4.78 is 2.27. The summed E-state index contributed by atoms with van der Waals surface area (Å²) in [6, 6.07) is 2.55. The van der Waals surface area contributed by atoms with Crippen LogP contribution in [0.3, 0.4) is 0 Å². The molecule has 134 valence electrons. The van der Waals surface area contributed by atoms with Crippen molar-refractivity contribution >= 4 is 5.82 Å². The lowest BCUT2D eigenvalue weighted by Crippen LogP contribution is -2.37. The highest BCUT2D eigenvalue weighted by molar-refractivity contribution is 5.41. The minimum absolute atomic E-state index is 0.353. The normalized spacial score (nSPS) is 24.4. The van der Waals surface area contributed by atoms with Crippen molar-refractivity contribution in [3.63, 3.8) is 0 Å². The third-order valence-corrected chi connectivity index (χ3v) is 5.75. The monoisotopic (exact) mass is 340 g/mol. The topological polar surface area (TPSA) is 72.9 Å². The molecule has 0 aromatic carbocycles. The molecular formula is C19H28N6. The smallest absolute Gasteiger partial charge is 0.132 e. The van der Waals surface area contributed by atoms with Gasteiger partial charge < -0.3 is 15.2 Å². The minimum Gasteiger partial charge on any atom is -0.356 e. The summed E-state index contributed by atoms with van der Waals surface area (Å²) in [6.45, 7) is 7.29. The third-order valence-electron chi connectivity index (χ3n) is 5.75. The van der Waals surface area contributed by atoms with Gasteiger partial charge in [0, 0.05) is 55.7 Å². The largest absolute Gasteiger partial charge is 0.356 e. The predicted molar refractivity (Wildman–Crippen MR) is 98.6 cm³/mol. The van der Waals surface area contributed by atoms with Crippen molar-refractivity contribution in [3.8, 4) is 0 Å². The molecule has 1 saturated carbocycles. The molecule has 6 nitrogen and oxygen atoms in total. The summed E-state index contributed by atoms with van der Waals surface area (Å²) in [6.07, 6.45) is 8.49. The fraction of sp³-hybridized carbons (Fsp3) is 0.632. The summed E-state index contributed by atoms with van der Waals surface area (Å²) in [4.78, 5) is 16.1. The molecule has 0 amide bonds. The first-order chi connectivity index (χ1) is 12.1. The lowest BCUT2D eigenvalue weighted by atomic mass is 9.78. The average molecular weight is 340 g/mol. The number of rotatable bonds is 4. The zero-order chi connectivity index (χ0) is 17.4. The molecule has 1 aliphatic carbocycles. The SMILES string of the molecule is Cc1nc(C2CC(N)C2)cc(N2CCC(Cn3ccnc3C)CC2)n1. The van der Waals surface area contributed by atoms with Crippen LogP contribution < -0.4 is 10.6 Å². The molecule has 4 rings (SSSR count). The number of hydrogen-bond donors (Lipinski definition) is 1. The maximum absolute atomic E-state index is 5.95. The van der Waals surface area contributed by atoms with E-state index >= 15 is 0 Å². The van der Waals surface area contributed by atoms with E-state index in [2.05, 4.69) is 38.6 Å². The molecule has 2 aromatic heterocycles. The first-order valence-corrected chi connectivity index (χ1v) is 9.42. The van der Waals surface area contributed by atoms with Gasteiger partial charge >= 0.3 is 0 Å². The lowest BCUT2D eigenvalue weighted by Gasteiger charge is -2.35. The third kappa shape index (κ3) is 3.54. The number of nitrogens with two attached hydrogens (primary N) is 1. The van der Waals surface area contributed by atoms with Crippen LogP contribution in [-0.4, -0.2) is 38.7 Å². The van der Waals surface area contributed by atoms with Crippen LogP contribution in [0.25, 0.3) is 0 Å². The summed E-state index contributed by atoms with van der Waals surface area (Å²) in [5, 5.41) is 0. The number of aromatic nitrogens is 4. The number of aryl methyl sites for hydroxylation is 2. The van der Waals surface area contributed by atoms with Crippen LogP contribution in [-0.2, 0) is 6.54 Å². The first-order valence-electron chi connectivity index (χ1n) is 9.42. The summed E-state index contributed by atoms with van der Waals surface area (Å²) in [5.74, 6) is 4.33. The molecule has 25 heavy (non-hydrogen) atoms. The van der Waals surface area contributed by atoms with Gasteiger partial charge in [0.05, 0.1) is 0 Å². The van der Waals surface area contributed by atoms with Crippen molar-refractivity contribution in [1.82, 2.24) is 19.5 Å². The van der Waals surface area contributed by atoms with Crippen molar-refractivity contribution in [3.05, 3.63) is 35.8 Å². The Balaban J connectivity index is 1.39. The minimum atomic E-state index is 0.353. The van der Waals surface area contributed by atoms with Gasteiger partial charge in [0.25, 0.3) is 0 Å². The number of nitrogens with zero attached hydrogens (tertiary/aromatic N) is 5. The fourth-order valence-corrected chi connectivity index (χ4v) is 4.07. The Bertz CT molecular complexity index is 725. The Kier molecular flexibility index (Phi) is 4.46. The molecule has 1 aliphatic heterocycles. The summed E-state index contributed by atoms with van der Waals surface area (Å²) >= 11 is 0. The Morgan fingerprint density at radius 1 is 1.16 bits per heavy atom. The lowest BCUT2D eigenvalue weighted by molar-refractivity contribution is 0.343. The Morgan fingerprint density at radius 3 is 2.56 bits per heavy atom. The highest BCUT2D eigenvalue weighted by Gasteiger charge is 2.30. The molecule has 0 radical (unpaired) electrons. The fourth-order valence-electron chi connectivity index (χ4n) is 4.07. The maximum atomic E-state index is 5.95.